The number of nitrogens with one attached hydrogen (secondary N) is 2. The molecule has 21 heavy (non-hydrogen) atoms. The van der Waals surface area contributed by atoms with Crippen molar-refractivity contribution in [1.82, 2.24) is 14.9 Å². The standard InChI is InChI=1S/C15H16N4O2/c20-10-19-7-6-12-13(9-19)17-15(18-14(12)21)16-8-11-4-2-1-3-5-11/h1-5,10H,6-9H2,(H2,16,17,18,21). The van der Waals surface area contributed by atoms with Gasteiger partial charge in [-0.3, -0.25) is 14.6 Å². The van der Waals surface area contributed by atoms with Gasteiger partial charge in [0.25, 0.3) is 5.56 Å². The molecule has 0 radical (unpaired) electrons. The molecule has 1 aliphatic heterocycles. The third kappa shape index (κ3) is 2.94. The number of amides is 1. The van der Waals surface area contributed by atoms with Gasteiger partial charge >= 0.3 is 0 Å². The first-order valence-corrected chi connectivity index (χ1v) is 6.85. The zero-order valence-corrected chi connectivity index (χ0v) is 11.5. The van der Waals surface area contributed by atoms with E-state index in [2.05, 4.69) is 15.3 Å². The quantitative estimate of drug-likeness (QED) is 0.818. The number of nitrogens with zero attached hydrogens (tertiary/aromatic N) is 2. The predicted octanol–water partition coefficient (Wildman–Crippen LogP) is 0.896. The first-order chi connectivity index (χ1) is 10.3. The van der Waals surface area contributed by atoms with Crippen molar-refractivity contribution in [1.29, 1.82) is 0 Å². The van der Waals surface area contributed by atoms with E-state index in [1.54, 1.807) is 4.90 Å². The molecular formula is C15H16N4O2. The number of H-pyrrole nitrogens is 1. The maximum absolute atomic E-state index is 12.0. The number of rotatable bonds is 4. The normalized spacial score (nSPS) is 13.6. The molecule has 2 N–H and O–H groups in total. The molecule has 0 saturated carbocycles. The summed E-state index contributed by atoms with van der Waals surface area (Å²) in [6.45, 7) is 1.54. The molecule has 2 aromatic rings. The average molecular weight is 284 g/mol. The highest BCUT2D eigenvalue weighted by Gasteiger charge is 2.19. The average Bonchev–Trinajstić information content (AvgIpc) is 2.53. The topological polar surface area (TPSA) is 78.1 Å². The van der Waals surface area contributed by atoms with Crippen molar-refractivity contribution in [2.24, 2.45) is 0 Å². The summed E-state index contributed by atoms with van der Waals surface area (Å²) in [4.78, 5) is 31.7. The molecule has 1 amide bonds. The smallest absolute Gasteiger partial charge is 0.255 e. The second kappa shape index (κ2) is 5.78. The molecule has 0 atom stereocenters. The molecular weight excluding hydrogens is 268 g/mol. The summed E-state index contributed by atoms with van der Waals surface area (Å²) in [6, 6.07) is 9.87. The largest absolute Gasteiger partial charge is 0.352 e. The lowest BCUT2D eigenvalue weighted by molar-refractivity contribution is -0.119. The Balaban J connectivity index is 1.79. The molecule has 0 aliphatic carbocycles. The van der Waals surface area contributed by atoms with Crippen LogP contribution in [0.25, 0.3) is 0 Å². The van der Waals surface area contributed by atoms with E-state index >= 15 is 0 Å². The summed E-state index contributed by atoms with van der Waals surface area (Å²) < 4.78 is 0. The summed E-state index contributed by atoms with van der Waals surface area (Å²) in [5.41, 5.74) is 2.33. The lowest BCUT2D eigenvalue weighted by atomic mass is 10.1. The fraction of sp³-hybridized carbons (Fsp3) is 0.267. The second-order valence-corrected chi connectivity index (χ2v) is 5.00. The third-order valence-electron chi connectivity index (χ3n) is 3.55. The number of fused-ring (bicyclic) bond motifs is 1. The number of hydrogen-bond acceptors (Lipinski definition) is 4. The predicted molar refractivity (Wildman–Crippen MR) is 78.8 cm³/mol. The Labute approximate surface area is 121 Å². The minimum absolute atomic E-state index is 0.124. The molecule has 0 bridgehead atoms. The van der Waals surface area contributed by atoms with Crippen molar-refractivity contribution in [3.8, 4) is 0 Å². The van der Waals surface area contributed by atoms with Crippen LogP contribution in [0.4, 0.5) is 5.95 Å². The molecule has 0 spiro atoms. The van der Waals surface area contributed by atoms with Crippen LogP contribution in [0.1, 0.15) is 16.8 Å². The Morgan fingerprint density at radius 3 is 2.90 bits per heavy atom. The molecule has 6 nitrogen and oxygen atoms in total. The lowest BCUT2D eigenvalue weighted by Crippen LogP contribution is -2.34. The number of anilines is 1. The van der Waals surface area contributed by atoms with E-state index in [0.717, 1.165) is 12.0 Å². The van der Waals surface area contributed by atoms with Crippen LogP contribution >= 0.6 is 0 Å². The molecule has 0 unspecified atom stereocenters. The highest BCUT2D eigenvalue weighted by Crippen LogP contribution is 2.13. The first-order valence-electron chi connectivity index (χ1n) is 6.85. The Morgan fingerprint density at radius 1 is 1.33 bits per heavy atom. The van der Waals surface area contributed by atoms with E-state index < -0.39 is 0 Å². The molecule has 1 aromatic carbocycles. The molecule has 1 aliphatic rings. The summed E-state index contributed by atoms with van der Waals surface area (Å²) in [5, 5.41) is 3.11. The van der Waals surface area contributed by atoms with Crippen LogP contribution in [-0.2, 0) is 24.3 Å². The van der Waals surface area contributed by atoms with E-state index in [1.807, 2.05) is 30.3 Å². The minimum atomic E-state index is -0.124. The fourth-order valence-electron chi connectivity index (χ4n) is 2.42. The molecule has 3 rings (SSSR count). The van der Waals surface area contributed by atoms with Crippen molar-refractivity contribution in [3.05, 3.63) is 57.5 Å². The van der Waals surface area contributed by atoms with Crippen molar-refractivity contribution < 1.29 is 4.79 Å². The van der Waals surface area contributed by atoms with Gasteiger partial charge in [0.05, 0.1) is 12.2 Å². The Bertz CT molecular complexity index is 697. The number of hydrogen-bond donors (Lipinski definition) is 2. The van der Waals surface area contributed by atoms with Crippen LogP contribution in [0.2, 0.25) is 0 Å². The van der Waals surface area contributed by atoms with E-state index in [-0.39, 0.29) is 5.56 Å². The van der Waals surface area contributed by atoms with Gasteiger partial charge in [-0.25, -0.2) is 4.98 Å². The summed E-state index contributed by atoms with van der Waals surface area (Å²) in [7, 11) is 0. The second-order valence-electron chi connectivity index (χ2n) is 5.00. The van der Waals surface area contributed by atoms with Gasteiger partial charge in [-0.1, -0.05) is 30.3 Å². The van der Waals surface area contributed by atoms with E-state index in [4.69, 9.17) is 0 Å². The van der Waals surface area contributed by atoms with Crippen molar-refractivity contribution in [2.45, 2.75) is 19.5 Å². The van der Waals surface area contributed by atoms with Gasteiger partial charge in [0, 0.05) is 18.7 Å². The van der Waals surface area contributed by atoms with Gasteiger partial charge in [-0.05, 0) is 12.0 Å². The molecule has 2 heterocycles. The zero-order valence-electron chi connectivity index (χ0n) is 11.5. The number of aromatic amines is 1. The fourth-order valence-corrected chi connectivity index (χ4v) is 2.42. The number of aromatic nitrogens is 2. The van der Waals surface area contributed by atoms with Gasteiger partial charge in [0.2, 0.25) is 12.4 Å². The lowest BCUT2D eigenvalue weighted by Gasteiger charge is -2.24. The minimum Gasteiger partial charge on any atom is -0.352 e. The third-order valence-corrected chi connectivity index (χ3v) is 3.55. The van der Waals surface area contributed by atoms with Crippen molar-refractivity contribution in [2.75, 3.05) is 11.9 Å². The highest BCUT2D eigenvalue weighted by atomic mass is 16.1. The van der Waals surface area contributed by atoms with Gasteiger partial charge in [-0.2, -0.15) is 0 Å². The monoisotopic (exact) mass is 284 g/mol. The van der Waals surface area contributed by atoms with Gasteiger partial charge in [0.15, 0.2) is 0 Å². The molecule has 0 fully saturated rings. The van der Waals surface area contributed by atoms with Crippen LogP contribution in [-0.4, -0.2) is 27.8 Å². The summed E-state index contributed by atoms with van der Waals surface area (Å²) in [6.07, 6.45) is 1.35. The van der Waals surface area contributed by atoms with Gasteiger partial charge in [0.1, 0.15) is 0 Å². The van der Waals surface area contributed by atoms with Crippen molar-refractivity contribution in [3.63, 3.8) is 0 Å². The van der Waals surface area contributed by atoms with Crippen LogP contribution in [0.15, 0.2) is 35.1 Å². The van der Waals surface area contributed by atoms with E-state index in [9.17, 15) is 9.59 Å². The molecule has 1 aromatic heterocycles. The van der Waals surface area contributed by atoms with Gasteiger partial charge in [-0.15, -0.1) is 0 Å². The SMILES string of the molecule is O=CN1CCc2c(nc(NCc3ccccc3)[nH]c2=O)C1. The van der Waals surface area contributed by atoms with Crippen LogP contribution < -0.4 is 10.9 Å². The maximum Gasteiger partial charge on any atom is 0.255 e. The Kier molecular flexibility index (Phi) is 3.68. The van der Waals surface area contributed by atoms with Crippen molar-refractivity contribution >= 4 is 12.4 Å². The van der Waals surface area contributed by atoms with Crippen LogP contribution in [0, 0.1) is 0 Å². The maximum atomic E-state index is 12.0. The molecule has 6 heteroatoms. The molecule has 0 saturated heterocycles. The van der Waals surface area contributed by atoms with Crippen LogP contribution in [0.5, 0.6) is 0 Å². The number of carbonyl (C=O) groups excluding carboxylic acids is 1. The first kappa shape index (κ1) is 13.4. The van der Waals surface area contributed by atoms with Crippen LogP contribution in [0.3, 0.4) is 0 Å². The number of carbonyl (C=O) groups is 1. The zero-order chi connectivity index (χ0) is 14.7. The highest BCUT2D eigenvalue weighted by molar-refractivity contribution is 5.48. The van der Waals surface area contributed by atoms with E-state index in [0.29, 0.717) is 43.3 Å². The summed E-state index contributed by atoms with van der Waals surface area (Å²) >= 11 is 0. The number of benzene rings is 1. The molecule has 108 valence electrons. The summed E-state index contributed by atoms with van der Waals surface area (Å²) in [5.74, 6) is 0.440. The van der Waals surface area contributed by atoms with E-state index in [1.165, 1.54) is 0 Å². The Hall–Kier alpha value is -2.63. The Morgan fingerprint density at radius 2 is 2.14 bits per heavy atom. The van der Waals surface area contributed by atoms with Gasteiger partial charge < -0.3 is 10.2 Å².